The van der Waals surface area contributed by atoms with Gasteiger partial charge in [-0.15, -0.1) is 0 Å². The SMILES string of the molecule is COc1c2c(cc3c1[C@H](C#C[C@@]1(C)CC[C@@H]4[C@@H](O1)c1ccccc1OC4(C)C)[N+](C)(C)CC3)OCO2. The highest BCUT2D eigenvalue weighted by Crippen LogP contribution is 2.53. The van der Waals surface area contributed by atoms with Crippen molar-refractivity contribution in [3.63, 3.8) is 0 Å². The number of likely N-dealkylation sites (N-methyl/N-ethyl adjacent to an activating group) is 1. The van der Waals surface area contributed by atoms with Gasteiger partial charge in [-0.1, -0.05) is 24.1 Å². The Bertz CT molecular complexity index is 1270. The second-order valence-corrected chi connectivity index (χ2v) is 11.8. The van der Waals surface area contributed by atoms with Crippen LogP contribution >= 0.6 is 0 Å². The molecule has 0 N–H and O–H groups in total. The van der Waals surface area contributed by atoms with E-state index in [1.807, 2.05) is 12.1 Å². The number of fused-ring (bicyclic) bond motifs is 5. The third kappa shape index (κ3) is 3.64. The Balaban J connectivity index is 1.38. The van der Waals surface area contributed by atoms with Gasteiger partial charge in [0.25, 0.3) is 0 Å². The molecule has 4 heterocycles. The van der Waals surface area contributed by atoms with E-state index < -0.39 is 5.60 Å². The van der Waals surface area contributed by atoms with Crippen LogP contribution in [0.15, 0.2) is 30.3 Å². The molecule has 2 aromatic carbocycles. The van der Waals surface area contributed by atoms with Crippen LogP contribution < -0.4 is 18.9 Å². The summed E-state index contributed by atoms with van der Waals surface area (Å²) in [5.41, 5.74) is 2.62. The molecule has 0 amide bonds. The molecule has 0 bridgehead atoms. The first-order valence-electron chi connectivity index (χ1n) is 12.9. The van der Waals surface area contributed by atoms with Crippen LogP contribution in [0, 0.1) is 17.8 Å². The van der Waals surface area contributed by atoms with Crippen LogP contribution in [0.5, 0.6) is 23.0 Å². The predicted molar refractivity (Wildman–Crippen MR) is 136 cm³/mol. The lowest BCUT2D eigenvalue weighted by Gasteiger charge is -2.50. The van der Waals surface area contributed by atoms with Crippen LogP contribution in [0.4, 0.5) is 0 Å². The number of benzene rings is 2. The fourth-order valence-corrected chi connectivity index (χ4v) is 6.40. The van der Waals surface area contributed by atoms with Gasteiger partial charge in [0.05, 0.1) is 39.4 Å². The summed E-state index contributed by atoms with van der Waals surface area (Å²) in [6.45, 7) is 7.69. The maximum absolute atomic E-state index is 6.88. The number of nitrogens with zero attached hydrogens (tertiary/aromatic N) is 1. The van der Waals surface area contributed by atoms with Crippen molar-refractivity contribution in [2.45, 2.75) is 63.4 Å². The highest BCUT2D eigenvalue weighted by Gasteiger charge is 2.50. The van der Waals surface area contributed by atoms with Gasteiger partial charge in [0.2, 0.25) is 12.5 Å². The average molecular weight is 491 g/mol. The zero-order valence-electron chi connectivity index (χ0n) is 22.1. The summed E-state index contributed by atoms with van der Waals surface area (Å²) in [6.07, 6.45) is 2.76. The van der Waals surface area contributed by atoms with Crippen molar-refractivity contribution in [1.29, 1.82) is 0 Å². The van der Waals surface area contributed by atoms with E-state index in [1.165, 1.54) is 5.56 Å². The molecule has 0 spiro atoms. The van der Waals surface area contributed by atoms with E-state index in [2.05, 4.69) is 64.9 Å². The number of ether oxygens (including phenoxy) is 5. The second kappa shape index (κ2) is 8.06. The summed E-state index contributed by atoms with van der Waals surface area (Å²) in [7, 11) is 6.18. The molecule has 6 nitrogen and oxygen atoms in total. The Kier molecular flexibility index (Phi) is 5.27. The Morgan fingerprint density at radius 2 is 1.89 bits per heavy atom. The lowest BCUT2D eigenvalue weighted by molar-refractivity contribution is -0.914. The van der Waals surface area contributed by atoms with E-state index in [-0.39, 0.29) is 30.5 Å². The lowest BCUT2D eigenvalue weighted by atomic mass is 9.73. The molecule has 4 aliphatic heterocycles. The highest BCUT2D eigenvalue weighted by atomic mass is 16.7. The minimum Gasteiger partial charge on any atom is -0.492 e. The summed E-state index contributed by atoms with van der Waals surface area (Å²) >= 11 is 0. The molecule has 6 rings (SSSR count). The Labute approximate surface area is 214 Å². The van der Waals surface area contributed by atoms with Crippen molar-refractivity contribution in [2.24, 2.45) is 5.92 Å². The second-order valence-electron chi connectivity index (χ2n) is 11.8. The van der Waals surface area contributed by atoms with Crippen LogP contribution in [0.1, 0.15) is 62.4 Å². The molecule has 1 saturated heterocycles. The monoisotopic (exact) mass is 490 g/mol. The van der Waals surface area contributed by atoms with Crippen molar-refractivity contribution >= 4 is 0 Å². The average Bonchev–Trinajstić information content (AvgIpc) is 3.30. The zero-order chi connectivity index (χ0) is 25.3. The van der Waals surface area contributed by atoms with Crippen molar-refractivity contribution in [1.82, 2.24) is 0 Å². The quantitative estimate of drug-likeness (QED) is 0.406. The van der Waals surface area contributed by atoms with Crippen LogP contribution in [-0.2, 0) is 11.2 Å². The third-order valence-electron chi connectivity index (χ3n) is 8.53. The largest absolute Gasteiger partial charge is 0.492 e. The third-order valence-corrected chi connectivity index (χ3v) is 8.53. The van der Waals surface area contributed by atoms with Gasteiger partial charge in [-0.25, -0.2) is 0 Å². The molecule has 0 unspecified atom stereocenters. The normalized spacial score (nSPS) is 30.6. The first kappa shape index (κ1) is 23.5. The van der Waals surface area contributed by atoms with Crippen molar-refractivity contribution in [3.8, 4) is 34.8 Å². The molecule has 190 valence electrons. The minimum atomic E-state index is -0.553. The number of rotatable bonds is 1. The van der Waals surface area contributed by atoms with Gasteiger partial charge in [0.1, 0.15) is 17.0 Å². The first-order chi connectivity index (χ1) is 17.1. The number of para-hydroxylation sites is 1. The van der Waals surface area contributed by atoms with Gasteiger partial charge in [0.15, 0.2) is 17.5 Å². The van der Waals surface area contributed by atoms with Gasteiger partial charge in [-0.2, -0.15) is 0 Å². The molecule has 0 aliphatic carbocycles. The number of methoxy groups -OCH3 is 1. The van der Waals surface area contributed by atoms with Crippen LogP contribution in [-0.4, -0.2) is 50.2 Å². The lowest BCUT2D eigenvalue weighted by Crippen LogP contribution is -2.51. The van der Waals surface area contributed by atoms with Crippen molar-refractivity contribution < 1.29 is 28.2 Å². The summed E-state index contributed by atoms with van der Waals surface area (Å²) in [6, 6.07) is 10.3. The van der Waals surface area contributed by atoms with Gasteiger partial charge in [-0.3, -0.25) is 0 Å². The van der Waals surface area contributed by atoms with Crippen molar-refractivity contribution in [2.75, 3.05) is 34.5 Å². The van der Waals surface area contributed by atoms with E-state index in [1.54, 1.807) is 7.11 Å². The minimum absolute atomic E-state index is 0.0394. The van der Waals surface area contributed by atoms with Gasteiger partial charge < -0.3 is 28.2 Å². The Morgan fingerprint density at radius 1 is 1.08 bits per heavy atom. The van der Waals surface area contributed by atoms with E-state index in [0.717, 1.165) is 58.7 Å². The number of hydrogen-bond acceptors (Lipinski definition) is 5. The number of hydrogen-bond donors (Lipinski definition) is 0. The molecule has 2 aromatic rings. The highest BCUT2D eigenvalue weighted by molar-refractivity contribution is 5.62. The van der Waals surface area contributed by atoms with Gasteiger partial charge in [-0.05, 0) is 57.2 Å². The molecule has 1 fully saturated rings. The molecular weight excluding hydrogens is 454 g/mol. The van der Waals surface area contributed by atoms with E-state index in [4.69, 9.17) is 23.7 Å². The molecule has 0 saturated carbocycles. The fraction of sp³-hybridized carbons (Fsp3) is 0.533. The number of quaternary nitrogens is 1. The topological polar surface area (TPSA) is 46.2 Å². The molecule has 4 aliphatic rings. The standard InChI is InChI=1S/C30H36NO5/c1-29(2)21-11-14-30(3,36-26(21)20-9-7-8-10-23(20)35-29)15-12-22-25-19(13-16-31(22,4)5)17-24-27(28(25)32-6)34-18-33-24/h7-10,17,21-22,26H,11,13-14,16,18H2,1-6H3/q+1/t21-,22+,26+,30-/m1/s1. The first-order valence-corrected chi connectivity index (χ1v) is 12.9. The smallest absolute Gasteiger partial charge is 0.231 e. The Morgan fingerprint density at radius 3 is 2.69 bits per heavy atom. The zero-order valence-corrected chi connectivity index (χ0v) is 22.1. The summed E-state index contributed by atoms with van der Waals surface area (Å²) < 4.78 is 31.4. The van der Waals surface area contributed by atoms with E-state index in [9.17, 15) is 0 Å². The predicted octanol–water partition coefficient (Wildman–Crippen LogP) is 5.20. The summed E-state index contributed by atoms with van der Waals surface area (Å²) in [5.74, 6) is 10.7. The molecule has 6 heteroatoms. The maximum Gasteiger partial charge on any atom is 0.231 e. The van der Waals surface area contributed by atoms with Crippen LogP contribution in [0.2, 0.25) is 0 Å². The fourth-order valence-electron chi connectivity index (χ4n) is 6.40. The molecular formula is C30H36NO5+. The van der Waals surface area contributed by atoms with Crippen molar-refractivity contribution in [3.05, 3.63) is 47.0 Å². The van der Waals surface area contributed by atoms with Gasteiger partial charge >= 0.3 is 0 Å². The molecule has 0 aromatic heterocycles. The molecule has 0 radical (unpaired) electrons. The van der Waals surface area contributed by atoms with Crippen LogP contribution in [0.25, 0.3) is 0 Å². The molecule has 4 atom stereocenters. The van der Waals surface area contributed by atoms with E-state index >= 15 is 0 Å². The molecule has 36 heavy (non-hydrogen) atoms. The van der Waals surface area contributed by atoms with E-state index in [0.29, 0.717) is 5.75 Å². The summed E-state index contributed by atoms with van der Waals surface area (Å²) in [4.78, 5) is 0. The maximum atomic E-state index is 6.88. The van der Waals surface area contributed by atoms with Crippen LogP contribution in [0.3, 0.4) is 0 Å². The Hall–Kier alpha value is -2.88. The summed E-state index contributed by atoms with van der Waals surface area (Å²) in [5, 5.41) is 0. The van der Waals surface area contributed by atoms with Gasteiger partial charge in [0, 0.05) is 17.9 Å².